The van der Waals surface area contributed by atoms with Crippen molar-refractivity contribution < 1.29 is 30.9 Å². The maximum Gasteiger partial charge on any atom is 0.217 e. The summed E-state index contributed by atoms with van der Waals surface area (Å²) in [5.41, 5.74) is 3.83. The molecule has 0 aliphatic heterocycles. The second-order valence-corrected chi connectivity index (χ2v) is 9.92. The summed E-state index contributed by atoms with van der Waals surface area (Å²) >= 11 is 0. The Hall–Kier alpha value is -4.21. The molecule has 0 radical (unpaired) electrons. The van der Waals surface area contributed by atoms with Crippen molar-refractivity contribution >= 4 is 43.5 Å². The minimum atomic E-state index is 0. The Balaban J connectivity index is 0.00000253. The van der Waals surface area contributed by atoms with Gasteiger partial charge in [0, 0.05) is 50.0 Å². The molecule has 5 nitrogen and oxygen atoms in total. The Morgan fingerprint density at radius 3 is 2.49 bits per heavy atom. The van der Waals surface area contributed by atoms with Crippen LogP contribution in [0.25, 0.3) is 49.3 Å². The van der Waals surface area contributed by atoms with Gasteiger partial charge in [-0.05, 0) is 70.8 Å². The molecule has 1 N–H and O–H groups in total. The number of benzene rings is 4. The minimum absolute atomic E-state index is 0. The van der Waals surface area contributed by atoms with Crippen LogP contribution in [-0.2, 0) is 21.1 Å². The monoisotopic (exact) mass is 687 g/mol. The average molecular weight is 688 g/mol. The van der Waals surface area contributed by atoms with Crippen LogP contribution in [0.15, 0.2) is 97.2 Å². The summed E-state index contributed by atoms with van der Waals surface area (Å²) in [5.74, 6) is 2.60. The summed E-state index contributed by atoms with van der Waals surface area (Å²) in [6.45, 7) is 0. The summed E-state index contributed by atoms with van der Waals surface area (Å²) in [4.78, 5) is 9.39. The third kappa shape index (κ3) is 3.97. The van der Waals surface area contributed by atoms with Gasteiger partial charge < -0.3 is 14.4 Å². The second-order valence-electron chi connectivity index (χ2n) is 9.92. The number of rotatable bonds is 4. The minimum Gasteiger partial charge on any atom is -0.506 e. The Kier molecular flexibility index (Phi) is 5.64. The van der Waals surface area contributed by atoms with Crippen molar-refractivity contribution in [1.82, 2.24) is 14.5 Å². The summed E-state index contributed by atoms with van der Waals surface area (Å²) in [6.07, 6.45) is 4.38. The smallest absolute Gasteiger partial charge is 0.217 e. The molecule has 0 spiro atoms. The Morgan fingerprint density at radius 1 is 0.821 bits per heavy atom. The third-order valence-corrected chi connectivity index (χ3v) is 7.47. The molecule has 1 saturated carbocycles. The van der Waals surface area contributed by atoms with Gasteiger partial charge in [0.25, 0.3) is 0 Å². The number of aromatic nitrogens is 3. The zero-order chi connectivity index (χ0) is 25.2. The van der Waals surface area contributed by atoms with Crippen molar-refractivity contribution in [2.24, 2.45) is 0 Å². The molecule has 3 aromatic heterocycles. The average Bonchev–Trinajstić information content (AvgIpc) is 3.75. The van der Waals surface area contributed by atoms with Gasteiger partial charge in [0.1, 0.15) is 17.1 Å². The first-order valence-corrected chi connectivity index (χ1v) is 12.8. The van der Waals surface area contributed by atoms with E-state index in [1.165, 1.54) is 18.4 Å². The van der Waals surface area contributed by atoms with Crippen molar-refractivity contribution in [3.05, 3.63) is 109 Å². The van der Waals surface area contributed by atoms with Crippen LogP contribution in [0.2, 0.25) is 0 Å². The molecular weight excluding hydrogens is 665 g/mol. The predicted molar refractivity (Wildman–Crippen MR) is 150 cm³/mol. The van der Waals surface area contributed by atoms with Crippen LogP contribution in [0.1, 0.15) is 24.3 Å². The number of fused-ring (bicyclic) bond motifs is 6. The van der Waals surface area contributed by atoms with Crippen LogP contribution in [0.3, 0.4) is 0 Å². The molecule has 0 saturated heterocycles. The predicted octanol–water partition coefficient (Wildman–Crippen LogP) is 8.05. The van der Waals surface area contributed by atoms with E-state index in [9.17, 15) is 5.11 Å². The quantitative estimate of drug-likeness (QED) is 0.150. The van der Waals surface area contributed by atoms with E-state index in [0.29, 0.717) is 23.1 Å². The van der Waals surface area contributed by atoms with E-state index in [4.69, 9.17) is 9.72 Å². The van der Waals surface area contributed by atoms with Gasteiger partial charge >= 0.3 is 0 Å². The number of hydrogen-bond acceptors (Lipinski definition) is 4. The van der Waals surface area contributed by atoms with Crippen molar-refractivity contribution in [2.75, 3.05) is 0 Å². The molecule has 1 aliphatic rings. The molecule has 7 aromatic rings. The van der Waals surface area contributed by atoms with Crippen LogP contribution < -0.4 is 4.74 Å². The van der Waals surface area contributed by atoms with Crippen LogP contribution >= 0.6 is 0 Å². The SMILES string of the molecule is Oc1cc2ccccc2c2ccc(Oc3[c-]c4c(cc3)c3ccccc3n4-c3cc(C4CC4)ccn3)nc12.[Pt]. The Morgan fingerprint density at radius 2 is 1.62 bits per heavy atom. The fraction of sp³-hybridized carbons (Fsp3) is 0.0909. The molecular formula is C33H22N3O2Pt-. The van der Waals surface area contributed by atoms with Gasteiger partial charge in [-0.1, -0.05) is 48.0 Å². The first-order chi connectivity index (χ1) is 18.7. The zero-order valence-electron chi connectivity index (χ0n) is 20.7. The van der Waals surface area contributed by atoms with E-state index < -0.39 is 0 Å². The molecule has 0 atom stereocenters. The van der Waals surface area contributed by atoms with Gasteiger partial charge in [-0.2, -0.15) is 6.07 Å². The fourth-order valence-electron chi connectivity index (χ4n) is 5.51. The number of phenols is 1. The molecule has 1 aliphatic carbocycles. The van der Waals surface area contributed by atoms with Gasteiger partial charge in [-0.15, -0.1) is 17.5 Å². The summed E-state index contributed by atoms with van der Waals surface area (Å²) in [5, 5.41) is 15.8. The molecule has 0 amide bonds. The molecule has 0 bridgehead atoms. The number of ether oxygens (including phenoxy) is 1. The van der Waals surface area contributed by atoms with E-state index in [0.717, 1.165) is 43.8 Å². The Bertz CT molecular complexity index is 2050. The first kappa shape index (κ1) is 23.9. The summed E-state index contributed by atoms with van der Waals surface area (Å²) in [7, 11) is 0. The maximum absolute atomic E-state index is 10.7. The van der Waals surface area contributed by atoms with E-state index >= 15 is 0 Å². The Labute approximate surface area is 239 Å². The molecule has 1 fully saturated rings. The molecule has 3 heterocycles. The van der Waals surface area contributed by atoms with Gasteiger partial charge in [0.05, 0.1) is 0 Å². The van der Waals surface area contributed by atoms with Crippen LogP contribution in [0.4, 0.5) is 0 Å². The first-order valence-electron chi connectivity index (χ1n) is 12.8. The maximum atomic E-state index is 10.7. The summed E-state index contributed by atoms with van der Waals surface area (Å²) < 4.78 is 8.37. The van der Waals surface area contributed by atoms with Gasteiger partial charge in [-0.25, -0.2) is 9.97 Å². The topological polar surface area (TPSA) is 60.2 Å². The molecule has 4 aromatic carbocycles. The molecule has 6 heteroatoms. The molecule has 192 valence electrons. The van der Waals surface area contributed by atoms with E-state index in [-0.39, 0.29) is 26.8 Å². The zero-order valence-corrected chi connectivity index (χ0v) is 23.0. The number of hydrogen-bond donors (Lipinski definition) is 1. The molecule has 8 rings (SSSR count). The summed E-state index contributed by atoms with van der Waals surface area (Å²) in [6, 6.07) is 33.6. The normalized spacial score (nSPS) is 13.2. The van der Waals surface area contributed by atoms with Crippen molar-refractivity contribution in [1.29, 1.82) is 0 Å². The van der Waals surface area contributed by atoms with Crippen molar-refractivity contribution in [3.63, 3.8) is 0 Å². The second kappa shape index (κ2) is 9.21. The third-order valence-electron chi connectivity index (χ3n) is 7.47. The number of pyridine rings is 2. The van der Waals surface area contributed by atoms with Crippen molar-refractivity contribution in [2.45, 2.75) is 18.8 Å². The number of nitrogens with zero attached hydrogens (tertiary/aromatic N) is 3. The molecule has 0 unspecified atom stereocenters. The number of para-hydroxylation sites is 1. The fourth-order valence-corrected chi connectivity index (χ4v) is 5.51. The van der Waals surface area contributed by atoms with Crippen molar-refractivity contribution in [3.8, 4) is 23.2 Å². The van der Waals surface area contributed by atoms with Gasteiger partial charge in [0.2, 0.25) is 5.88 Å². The number of phenolic OH excluding ortho intramolecular Hbond substituents is 1. The van der Waals surface area contributed by atoms with E-state index in [2.05, 4.69) is 58.1 Å². The van der Waals surface area contributed by atoms with E-state index in [1.54, 1.807) is 6.07 Å². The van der Waals surface area contributed by atoms with Crippen LogP contribution in [0, 0.1) is 6.07 Å². The standard InChI is InChI=1S/C33H22N3O2.Pt/c37-30-17-22-5-1-2-6-24(22)27-13-14-32(35-33(27)30)38-23-11-12-26-25-7-3-4-8-28(25)36(29(26)19-23)31-18-21(15-16-34-31)20-9-10-20;/h1-8,11-18,20,37H,9-10H2;/q-1;. The molecule has 39 heavy (non-hydrogen) atoms. The van der Waals surface area contributed by atoms with E-state index in [1.807, 2.05) is 48.7 Å². The van der Waals surface area contributed by atoms with Crippen LogP contribution in [0.5, 0.6) is 17.4 Å². The largest absolute Gasteiger partial charge is 0.506 e. The van der Waals surface area contributed by atoms with Gasteiger partial charge in [0.15, 0.2) is 0 Å². The van der Waals surface area contributed by atoms with Crippen LogP contribution in [-0.4, -0.2) is 19.6 Å². The van der Waals surface area contributed by atoms with Gasteiger partial charge in [-0.3, -0.25) is 0 Å². The number of aromatic hydroxyl groups is 1.